The van der Waals surface area contributed by atoms with E-state index in [9.17, 15) is 4.79 Å². The van der Waals surface area contributed by atoms with Gasteiger partial charge in [-0.3, -0.25) is 9.48 Å². The van der Waals surface area contributed by atoms with Crippen LogP contribution in [-0.4, -0.2) is 39.2 Å². The number of aromatic amines is 1. The van der Waals surface area contributed by atoms with Gasteiger partial charge in [0, 0.05) is 48.1 Å². The molecular formula is C21H25ClN4O2. The zero-order valence-electron chi connectivity index (χ0n) is 16.7. The first kappa shape index (κ1) is 18.9. The van der Waals surface area contributed by atoms with Gasteiger partial charge in [0.25, 0.3) is 0 Å². The highest BCUT2D eigenvalue weighted by atomic mass is 35.5. The smallest absolute Gasteiger partial charge is 0.225 e. The van der Waals surface area contributed by atoms with E-state index in [0.29, 0.717) is 18.0 Å². The molecule has 0 saturated heterocycles. The van der Waals surface area contributed by atoms with Crippen LogP contribution >= 0.6 is 11.6 Å². The van der Waals surface area contributed by atoms with Crippen LogP contribution in [0.5, 0.6) is 5.75 Å². The molecule has 7 heteroatoms. The predicted molar refractivity (Wildman–Crippen MR) is 110 cm³/mol. The summed E-state index contributed by atoms with van der Waals surface area (Å²) >= 11 is 6.26. The molecule has 148 valence electrons. The number of benzene rings is 1. The first-order valence-corrected chi connectivity index (χ1v) is 9.93. The molecule has 28 heavy (non-hydrogen) atoms. The topological polar surface area (TPSA) is 63.1 Å². The fourth-order valence-electron chi connectivity index (χ4n) is 4.07. The van der Waals surface area contributed by atoms with Crippen LogP contribution in [0.1, 0.15) is 42.0 Å². The van der Waals surface area contributed by atoms with Crippen LogP contribution in [0.25, 0.3) is 10.9 Å². The van der Waals surface area contributed by atoms with Crippen molar-refractivity contribution in [3.8, 4) is 5.75 Å². The summed E-state index contributed by atoms with van der Waals surface area (Å²) < 4.78 is 7.23. The molecule has 3 aromatic rings. The molecule has 6 nitrogen and oxygen atoms in total. The zero-order valence-corrected chi connectivity index (χ0v) is 17.4. The second-order valence-corrected chi connectivity index (χ2v) is 7.92. The van der Waals surface area contributed by atoms with Crippen LogP contribution in [0.15, 0.2) is 18.2 Å². The third-order valence-corrected chi connectivity index (χ3v) is 6.21. The Bertz CT molecular complexity index is 1050. The van der Waals surface area contributed by atoms with Gasteiger partial charge in [0.05, 0.1) is 29.6 Å². The number of carbonyl (C=O) groups excluding carboxylic acids is 1. The number of hydrogen-bond acceptors (Lipinski definition) is 3. The van der Waals surface area contributed by atoms with Crippen molar-refractivity contribution in [2.45, 2.75) is 46.2 Å². The lowest BCUT2D eigenvalue weighted by Crippen LogP contribution is -2.36. The summed E-state index contributed by atoms with van der Waals surface area (Å²) in [4.78, 5) is 18.4. The van der Waals surface area contributed by atoms with Crippen LogP contribution < -0.4 is 4.74 Å². The molecule has 0 bridgehead atoms. The van der Waals surface area contributed by atoms with Crippen LogP contribution in [0.3, 0.4) is 0 Å². The highest BCUT2D eigenvalue weighted by Crippen LogP contribution is 2.31. The molecule has 1 atom stereocenters. The number of carbonyl (C=O) groups is 1. The summed E-state index contributed by atoms with van der Waals surface area (Å²) in [5.74, 6) is 0.965. The summed E-state index contributed by atoms with van der Waals surface area (Å²) in [6, 6.07) is 5.99. The highest BCUT2D eigenvalue weighted by Gasteiger charge is 2.26. The van der Waals surface area contributed by atoms with Crippen molar-refractivity contribution in [1.29, 1.82) is 0 Å². The van der Waals surface area contributed by atoms with Gasteiger partial charge in [0.15, 0.2) is 0 Å². The summed E-state index contributed by atoms with van der Waals surface area (Å²) in [5, 5.41) is 6.30. The van der Waals surface area contributed by atoms with Crippen LogP contribution in [-0.2, 0) is 17.8 Å². The maximum atomic E-state index is 13.0. The van der Waals surface area contributed by atoms with Crippen molar-refractivity contribution in [2.24, 2.45) is 0 Å². The molecule has 3 heterocycles. The Labute approximate surface area is 169 Å². The van der Waals surface area contributed by atoms with Gasteiger partial charge in [0.1, 0.15) is 5.75 Å². The zero-order chi connectivity index (χ0) is 20.0. The number of nitrogens with zero attached hydrogens (tertiary/aromatic N) is 3. The Morgan fingerprint density at radius 1 is 1.39 bits per heavy atom. The van der Waals surface area contributed by atoms with Crippen molar-refractivity contribution < 1.29 is 9.53 Å². The Morgan fingerprint density at radius 3 is 2.86 bits per heavy atom. The van der Waals surface area contributed by atoms with Gasteiger partial charge in [-0.05, 0) is 39.0 Å². The minimum absolute atomic E-state index is 0.0387. The summed E-state index contributed by atoms with van der Waals surface area (Å²) in [6.07, 6.45) is 1.23. The van der Waals surface area contributed by atoms with Gasteiger partial charge in [-0.15, -0.1) is 0 Å². The number of ether oxygens (including phenoxy) is 1. The monoisotopic (exact) mass is 400 g/mol. The lowest BCUT2D eigenvalue weighted by atomic mass is 10.0. The largest absolute Gasteiger partial charge is 0.497 e. The second-order valence-electron chi connectivity index (χ2n) is 7.54. The summed E-state index contributed by atoms with van der Waals surface area (Å²) in [6.45, 7) is 7.18. The molecular weight excluding hydrogens is 376 g/mol. The van der Waals surface area contributed by atoms with Crippen molar-refractivity contribution >= 4 is 28.4 Å². The first-order chi connectivity index (χ1) is 13.4. The number of fused-ring (bicyclic) bond motifs is 3. The van der Waals surface area contributed by atoms with Gasteiger partial charge in [-0.25, -0.2) is 0 Å². The molecule has 1 N–H and O–H groups in total. The predicted octanol–water partition coefficient (Wildman–Crippen LogP) is 4.18. The minimum atomic E-state index is -0.0387. The van der Waals surface area contributed by atoms with E-state index >= 15 is 0 Å². The number of H-pyrrole nitrogens is 1. The lowest BCUT2D eigenvalue weighted by Gasteiger charge is -2.28. The number of aromatic nitrogens is 3. The summed E-state index contributed by atoms with van der Waals surface area (Å²) in [7, 11) is 1.67. The molecule has 0 saturated carbocycles. The molecule has 2 aromatic heterocycles. The maximum Gasteiger partial charge on any atom is 0.225 e. The fraction of sp³-hybridized carbons (Fsp3) is 0.429. The Morgan fingerprint density at radius 2 is 2.18 bits per heavy atom. The van der Waals surface area contributed by atoms with Crippen molar-refractivity contribution in [3.05, 3.63) is 45.9 Å². The van der Waals surface area contributed by atoms with Gasteiger partial charge in [-0.2, -0.15) is 5.10 Å². The van der Waals surface area contributed by atoms with Crippen molar-refractivity contribution in [2.75, 3.05) is 13.7 Å². The van der Waals surface area contributed by atoms with Crippen LogP contribution in [0, 0.1) is 13.8 Å². The number of rotatable bonds is 4. The Hall–Kier alpha value is -2.47. The molecule has 0 fully saturated rings. The van der Waals surface area contributed by atoms with Crippen molar-refractivity contribution in [3.63, 3.8) is 0 Å². The number of hydrogen-bond donors (Lipinski definition) is 1. The average Bonchev–Trinajstić information content (AvgIpc) is 3.19. The van der Waals surface area contributed by atoms with Crippen LogP contribution in [0.2, 0.25) is 5.02 Å². The van der Waals surface area contributed by atoms with Gasteiger partial charge < -0.3 is 14.6 Å². The minimum Gasteiger partial charge on any atom is -0.497 e. The van der Waals surface area contributed by atoms with Gasteiger partial charge in [-0.1, -0.05) is 11.6 Å². The lowest BCUT2D eigenvalue weighted by molar-refractivity contribution is -0.132. The first-order valence-electron chi connectivity index (χ1n) is 9.55. The Balaban J connectivity index is 1.53. The van der Waals surface area contributed by atoms with Gasteiger partial charge >= 0.3 is 0 Å². The molecule has 0 unspecified atom stereocenters. The standard InChI is InChI=1S/C21H25ClN4O2/c1-12(26-14(3)21(22)13(2)24-26)9-20(27)25-8-7-19-17(11-25)16-10-15(28-4)5-6-18(16)23-19/h5-6,10,12,23H,7-9,11H2,1-4H3/t12-/m0/s1. The number of halogens is 1. The molecule has 1 aromatic carbocycles. The molecule has 4 rings (SSSR count). The molecule has 0 spiro atoms. The normalized spacial score (nSPS) is 15.0. The SMILES string of the molecule is COc1ccc2[nH]c3c(c2c1)CN(C(=O)C[C@H](C)n1nc(C)c(Cl)c1C)CC3. The Kier molecular flexibility index (Phi) is 4.83. The maximum absolute atomic E-state index is 13.0. The number of methoxy groups -OCH3 is 1. The molecule has 1 aliphatic rings. The molecule has 1 aliphatic heterocycles. The second kappa shape index (κ2) is 7.17. The number of aryl methyl sites for hydroxylation is 1. The van der Waals surface area contributed by atoms with E-state index in [1.54, 1.807) is 7.11 Å². The fourth-order valence-corrected chi connectivity index (χ4v) is 4.20. The van der Waals surface area contributed by atoms with E-state index in [1.807, 2.05) is 48.6 Å². The quantitative estimate of drug-likeness (QED) is 0.714. The highest BCUT2D eigenvalue weighted by molar-refractivity contribution is 6.31. The van der Waals surface area contributed by atoms with E-state index < -0.39 is 0 Å². The molecule has 0 radical (unpaired) electrons. The van der Waals surface area contributed by atoms with Crippen molar-refractivity contribution in [1.82, 2.24) is 19.7 Å². The third-order valence-electron chi connectivity index (χ3n) is 5.66. The van der Waals surface area contributed by atoms with E-state index in [-0.39, 0.29) is 11.9 Å². The number of amides is 1. The average molecular weight is 401 g/mol. The van der Waals surface area contributed by atoms with E-state index in [0.717, 1.165) is 41.0 Å². The van der Waals surface area contributed by atoms with Crippen LogP contribution in [0.4, 0.5) is 0 Å². The third kappa shape index (κ3) is 3.15. The molecule has 0 aliphatic carbocycles. The van der Waals surface area contributed by atoms with Gasteiger partial charge in [0.2, 0.25) is 5.91 Å². The summed E-state index contributed by atoms with van der Waals surface area (Å²) in [5.41, 5.74) is 5.20. The van der Waals surface area contributed by atoms with E-state index in [1.165, 1.54) is 11.3 Å². The van der Waals surface area contributed by atoms with E-state index in [4.69, 9.17) is 16.3 Å². The number of nitrogens with one attached hydrogen (secondary N) is 1. The van der Waals surface area contributed by atoms with E-state index in [2.05, 4.69) is 10.1 Å². The molecule has 1 amide bonds.